The third-order valence-electron chi connectivity index (χ3n) is 3.07. The number of carboxylic acids is 1. The van der Waals surface area contributed by atoms with E-state index < -0.39 is 5.97 Å². The van der Waals surface area contributed by atoms with Gasteiger partial charge in [0.2, 0.25) is 0 Å². The zero-order valence-corrected chi connectivity index (χ0v) is 11.3. The number of nitriles is 1. The largest absolute Gasteiger partial charge is 0.479 e. The van der Waals surface area contributed by atoms with Crippen LogP contribution in [0.5, 0.6) is 5.75 Å². The van der Waals surface area contributed by atoms with Crippen LogP contribution < -0.4 is 4.74 Å². The van der Waals surface area contributed by atoms with Crippen molar-refractivity contribution >= 4 is 11.6 Å². The van der Waals surface area contributed by atoms with Crippen molar-refractivity contribution in [2.75, 3.05) is 6.61 Å². The van der Waals surface area contributed by atoms with Crippen molar-refractivity contribution in [2.45, 2.75) is 0 Å². The van der Waals surface area contributed by atoms with Gasteiger partial charge in [-0.05, 0) is 24.3 Å². The van der Waals surface area contributed by atoms with Gasteiger partial charge in [0.05, 0.1) is 18.1 Å². The van der Waals surface area contributed by atoms with Crippen LogP contribution in [0, 0.1) is 11.3 Å². The van der Waals surface area contributed by atoms with Gasteiger partial charge in [-0.2, -0.15) is 5.26 Å². The minimum Gasteiger partial charge on any atom is -0.479 e. The average molecular weight is 294 g/mol. The van der Waals surface area contributed by atoms with Crippen LogP contribution in [-0.2, 0) is 0 Å². The van der Waals surface area contributed by atoms with E-state index in [1.807, 2.05) is 18.2 Å². The van der Waals surface area contributed by atoms with E-state index in [0.717, 1.165) is 11.3 Å². The Balaban J connectivity index is 2.00. The molecule has 0 saturated carbocycles. The van der Waals surface area contributed by atoms with Crippen LogP contribution in [0.3, 0.4) is 0 Å². The summed E-state index contributed by atoms with van der Waals surface area (Å²) >= 11 is 0. The minimum atomic E-state index is -1.10. The Morgan fingerprint density at radius 1 is 1.27 bits per heavy atom. The summed E-state index contributed by atoms with van der Waals surface area (Å²) in [5, 5.41) is 17.5. The first-order valence-corrected chi connectivity index (χ1v) is 6.35. The fourth-order valence-corrected chi connectivity index (χ4v) is 2.05. The van der Waals surface area contributed by atoms with E-state index in [4.69, 9.17) is 15.1 Å². The van der Waals surface area contributed by atoms with Crippen LogP contribution in [0.1, 0.15) is 10.5 Å². The van der Waals surface area contributed by atoms with Gasteiger partial charge in [0, 0.05) is 11.8 Å². The normalized spacial score (nSPS) is 10.3. The summed E-state index contributed by atoms with van der Waals surface area (Å²) in [6, 6.07) is 9.02. The molecule has 3 aromatic rings. The molecule has 0 aliphatic carbocycles. The SMILES string of the molecule is N#CCOc1ccc(-c2cnc3cnc(C(=O)O)cn23)cc1. The first kappa shape index (κ1) is 13.6. The highest BCUT2D eigenvalue weighted by atomic mass is 16.5. The van der Waals surface area contributed by atoms with Crippen molar-refractivity contribution in [2.24, 2.45) is 0 Å². The highest BCUT2D eigenvalue weighted by Gasteiger charge is 2.10. The summed E-state index contributed by atoms with van der Waals surface area (Å²) in [5.74, 6) is -0.506. The maximum absolute atomic E-state index is 11.0. The van der Waals surface area contributed by atoms with E-state index in [9.17, 15) is 4.79 Å². The van der Waals surface area contributed by atoms with E-state index in [-0.39, 0.29) is 12.3 Å². The van der Waals surface area contributed by atoms with Gasteiger partial charge in [-0.1, -0.05) is 0 Å². The lowest BCUT2D eigenvalue weighted by molar-refractivity contribution is 0.0690. The van der Waals surface area contributed by atoms with Crippen LogP contribution in [-0.4, -0.2) is 32.1 Å². The number of benzene rings is 1. The summed E-state index contributed by atoms with van der Waals surface area (Å²) in [4.78, 5) is 19.0. The van der Waals surface area contributed by atoms with Crippen LogP contribution in [0.4, 0.5) is 0 Å². The predicted octanol–water partition coefficient (Wildman–Crippen LogP) is 2.00. The average Bonchev–Trinajstić information content (AvgIpc) is 2.96. The third kappa shape index (κ3) is 2.45. The summed E-state index contributed by atoms with van der Waals surface area (Å²) < 4.78 is 6.86. The number of aromatic nitrogens is 3. The number of rotatable bonds is 4. The number of aromatic carboxylic acids is 1. The van der Waals surface area contributed by atoms with Crippen molar-refractivity contribution in [3.63, 3.8) is 0 Å². The summed E-state index contributed by atoms with van der Waals surface area (Å²) in [7, 11) is 0. The maximum atomic E-state index is 11.0. The first-order valence-electron chi connectivity index (χ1n) is 6.35. The molecular weight excluding hydrogens is 284 g/mol. The Hall–Kier alpha value is -3.40. The fourth-order valence-electron chi connectivity index (χ4n) is 2.05. The molecule has 7 heteroatoms. The van der Waals surface area contributed by atoms with Crippen molar-refractivity contribution in [1.82, 2.24) is 14.4 Å². The molecule has 1 N–H and O–H groups in total. The molecule has 0 bridgehead atoms. The monoisotopic (exact) mass is 294 g/mol. The van der Waals surface area contributed by atoms with Gasteiger partial charge in [-0.25, -0.2) is 14.8 Å². The van der Waals surface area contributed by atoms with E-state index in [0.29, 0.717) is 11.4 Å². The van der Waals surface area contributed by atoms with Gasteiger partial charge < -0.3 is 9.84 Å². The van der Waals surface area contributed by atoms with Crippen molar-refractivity contribution in [1.29, 1.82) is 5.26 Å². The second kappa shape index (κ2) is 5.54. The Kier molecular flexibility index (Phi) is 3.42. The predicted molar refractivity (Wildman–Crippen MR) is 76.5 cm³/mol. The number of hydrogen-bond donors (Lipinski definition) is 1. The molecule has 0 fully saturated rings. The molecule has 22 heavy (non-hydrogen) atoms. The van der Waals surface area contributed by atoms with Crippen LogP contribution in [0.25, 0.3) is 16.9 Å². The number of carbonyl (C=O) groups is 1. The third-order valence-corrected chi connectivity index (χ3v) is 3.07. The molecule has 0 aliphatic rings. The van der Waals surface area contributed by atoms with Gasteiger partial charge in [0.1, 0.15) is 11.8 Å². The van der Waals surface area contributed by atoms with E-state index in [2.05, 4.69) is 9.97 Å². The topological polar surface area (TPSA) is 101 Å². The van der Waals surface area contributed by atoms with Crippen LogP contribution in [0.15, 0.2) is 42.9 Å². The van der Waals surface area contributed by atoms with Gasteiger partial charge >= 0.3 is 5.97 Å². The standard InChI is InChI=1S/C15H10N4O3/c16-5-6-22-11-3-1-10(2-4-11)13-7-18-14-8-17-12(15(20)21)9-19(13)14/h1-4,7-9H,6H2,(H,20,21). The van der Waals surface area contributed by atoms with Gasteiger partial charge in [-0.3, -0.25) is 4.40 Å². The molecule has 2 heterocycles. The quantitative estimate of drug-likeness (QED) is 0.789. The number of fused-ring (bicyclic) bond motifs is 1. The number of nitrogens with zero attached hydrogens (tertiary/aromatic N) is 4. The molecule has 3 rings (SSSR count). The Morgan fingerprint density at radius 3 is 2.73 bits per heavy atom. The lowest BCUT2D eigenvalue weighted by Crippen LogP contribution is -2.02. The Labute approximate surface area is 125 Å². The van der Waals surface area contributed by atoms with Gasteiger partial charge in [-0.15, -0.1) is 0 Å². The Morgan fingerprint density at radius 2 is 2.05 bits per heavy atom. The summed E-state index contributed by atoms with van der Waals surface area (Å²) in [6.45, 7) is -0.0113. The van der Waals surface area contributed by atoms with Gasteiger partial charge in [0.25, 0.3) is 0 Å². The number of ether oxygens (including phenoxy) is 1. The minimum absolute atomic E-state index is 0.0113. The van der Waals surface area contributed by atoms with Crippen molar-refractivity contribution < 1.29 is 14.6 Å². The molecular formula is C15H10N4O3. The smallest absolute Gasteiger partial charge is 0.356 e. The second-order valence-electron chi connectivity index (χ2n) is 4.42. The molecule has 1 aromatic carbocycles. The lowest BCUT2D eigenvalue weighted by Gasteiger charge is -2.05. The highest BCUT2D eigenvalue weighted by molar-refractivity contribution is 5.85. The number of carboxylic acid groups (broad SMARTS) is 1. The molecule has 0 radical (unpaired) electrons. The van der Waals surface area contributed by atoms with Crippen molar-refractivity contribution in [3.05, 3.63) is 48.5 Å². The molecule has 0 unspecified atom stereocenters. The zero-order chi connectivity index (χ0) is 15.5. The number of hydrogen-bond acceptors (Lipinski definition) is 5. The Bertz CT molecular complexity index is 878. The molecule has 7 nitrogen and oxygen atoms in total. The van der Waals surface area contributed by atoms with E-state index >= 15 is 0 Å². The van der Waals surface area contributed by atoms with Gasteiger partial charge in [0.15, 0.2) is 17.9 Å². The van der Waals surface area contributed by atoms with E-state index in [1.165, 1.54) is 12.4 Å². The summed E-state index contributed by atoms with van der Waals surface area (Å²) in [6.07, 6.45) is 4.49. The van der Waals surface area contributed by atoms with Crippen LogP contribution in [0.2, 0.25) is 0 Å². The fraction of sp³-hybridized carbons (Fsp3) is 0.0667. The molecule has 108 valence electrons. The second-order valence-corrected chi connectivity index (χ2v) is 4.42. The molecule has 0 amide bonds. The van der Waals surface area contributed by atoms with E-state index in [1.54, 1.807) is 22.7 Å². The lowest BCUT2D eigenvalue weighted by atomic mass is 10.1. The molecule has 0 atom stereocenters. The first-order chi connectivity index (χ1) is 10.7. The highest BCUT2D eigenvalue weighted by Crippen LogP contribution is 2.23. The van der Waals surface area contributed by atoms with Crippen molar-refractivity contribution in [3.8, 4) is 23.1 Å². The van der Waals surface area contributed by atoms with Crippen LogP contribution >= 0.6 is 0 Å². The molecule has 0 aliphatic heterocycles. The molecule has 2 aromatic heterocycles. The summed E-state index contributed by atoms with van der Waals surface area (Å²) in [5.41, 5.74) is 2.09. The molecule has 0 spiro atoms. The number of imidazole rings is 1. The molecule has 0 saturated heterocycles. The zero-order valence-electron chi connectivity index (χ0n) is 11.3. The maximum Gasteiger partial charge on any atom is 0.356 e.